The normalized spacial score (nSPS) is 15.6. The Morgan fingerprint density at radius 1 is 1.10 bits per heavy atom. The number of benzene rings is 2. The molecule has 3 heterocycles. The van der Waals surface area contributed by atoms with Crippen LogP contribution in [0, 0.1) is 0 Å². The van der Waals surface area contributed by atoms with Crippen LogP contribution in [0.3, 0.4) is 0 Å². The molecule has 1 amide bonds. The Bertz CT molecular complexity index is 1020. The van der Waals surface area contributed by atoms with E-state index in [2.05, 4.69) is 4.90 Å². The lowest BCUT2D eigenvalue weighted by Crippen LogP contribution is -2.39. The van der Waals surface area contributed by atoms with E-state index >= 15 is 0 Å². The van der Waals surface area contributed by atoms with E-state index in [1.54, 1.807) is 34.4 Å². The van der Waals surface area contributed by atoms with Crippen LogP contribution in [0.2, 0.25) is 0 Å². The van der Waals surface area contributed by atoms with Gasteiger partial charge in [-0.2, -0.15) is 0 Å². The van der Waals surface area contributed by atoms with Crippen molar-refractivity contribution in [3.05, 3.63) is 48.0 Å². The lowest BCUT2D eigenvalue weighted by Gasteiger charge is -2.27. The lowest BCUT2D eigenvalue weighted by atomic mass is 10.1. The fraction of sp³-hybridized carbons (Fsp3) is 0.364. The minimum atomic E-state index is -0.0747. The van der Waals surface area contributed by atoms with Gasteiger partial charge < -0.3 is 14.2 Å². The highest BCUT2D eigenvalue weighted by atomic mass is 35.5. The Balaban J connectivity index is 0.00000231. The quantitative estimate of drug-likeness (QED) is 0.556. The number of para-hydroxylation sites is 1. The summed E-state index contributed by atoms with van der Waals surface area (Å²) in [5, 5.41) is 0.723. The molecule has 31 heavy (non-hydrogen) atoms. The van der Waals surface area contributed by atoms with Crippen molar-refractivity contribution in [3.63, 3.8) is 0 Å². The number of carbonyl (C=O) groups excluding carboxylic acids is 1. The molecule has 0 saturated carbocycles. The number of fused-ring (bicyclic) bond motifs is 2. The number of anilines is 1. The first-order chi connectivity index (χ1) is 14.8. The third-order valence-electron chi connectivity index (χ3n) is 5.34. The molecule has 3 aromatic rings. The summed E-state index contributed by atoms with van der Waals surface area (Å²) in [6.07, 6.45) is 0.867. The molecule has 0 N–H and O–H groups in total. The SMILES string of the molecule is Cl.O=C(c1ccc2c(c1)OCO2)N(CCCN1CCOCC1)c1nc2ccccc2s1. The molecule has 2 aliphatic heterocycles. The largest absolute Gasteiger partial charge is 0.454 e. The van der Waals surface area contributed by atoms with Crippen molar-refractivity contribution in [2.75, 3.05) is 51.1 Å². The van der Waals surface area contributed by atoms with Crippen LogP contribution in [0.4, 0.5) is 5.13 Å². The van der Waals surface area contributed by atoms with Gasteiger partial charge >= 0.3 is 0 Å². The van der Waals surface area contributed by atoms with Crippen molar-refractivity contribution in [2.24, 2.45) is 0 Å². The summed E-state index contributed by atoms with van der Waals surface area (Å²) in [6.45, 7) is 5.15. The highest BCUT2D eigenvalue weighted by Crippen LogP contribution is 2.34. The van der Waals surface area contributed by atoms with Gasteiger partial charge in [-0.15, -0.1) is 12.4 Å². The predicted molar refractivity (Wildman–Crippen MR) is 123 cm³/mol. The Kier molecular flexibility index (Phi) is 6.92. The smallest absolute Gasteiger partial charge is 0.260 e. The zero-order chi connectivity index (χ0) is 20.3. The lowest BCUT2D eigenvalue weighted by molar-refractivity contribution is 0.0376. The molecule has 7 nitrogen and oxygen atoms in total. The van der Waals surface area contributed by atoms with Crippen LogP contribution >= 0.6 is 23.7 Å². The summed E-state index contributed by atoms with van der Waals surface area (Å²) < 4.78 is 17.3. The van der Waals surface area contributed by atoms with E-state index in [0.29, 0.717) is 23.6 Å². The monoisotopic (exact) mass is 461 g/mol. The molecule has 2 aliphatic rings. The number of hydrogen-bond acceptors (Lipinski definition) is 7. The maximum atomic E-state index is 13.5. The van der Waals surface area contributed by atoms with Crippen molar-refractivity contribution in [1.82, 2.24) is 9.88 Å². The number of thiazole rings is 1. The first-order valence-electron chi connectivity index (χ1n) is 10.2. The van der Waals surface area contributed by atoms with Crippen molar-refractivity contribution >= 4 is 45.0 Å². The van der Waals surface area contributed by atoms with Crippen LogP contribution in [0.15, 0.2) is 42.5 Å². The predicted octanol–water partition coefficient (Wildman–Crippen LogP) is 3.82. The van der Waals surface area contributed by atoms with E-state index in [1.807, 2.05) is 24.3 Å². The van der Waals surface area contributed by atoms with Gasteiger partial charge in [0.05, 0.1) is 23.4 Å². The summed E-state index contributed by atoms with van der Waals surface area (Å²) in [4.78, 5) is 22.4. The first-order valence-corrected chi connectivity index (χ1v) is 11.0. The van der Waals surface area contributed by atoms with Gasteiger partial charge in [0.25, 0.3) is 5.91 Å². The van der Waals surface area contributed by atoms with Gasteiger partial charge in [0, 0.05) is 31.7 Å². The highest BCUT2D eigenvalue weighted by Gasteiger charge is 2.24. The van der Waals surface area contributed by atoms with E-state index in [0.717, 1.165) is 54.6 Å². The average molecular weight is 462 g/mol. The van der Waals surface area contributed by atoms with E-state index in [9.17, 15) is 4.79 Å². The summed E-state index contributed by atoms with van der Waals surface area (Å²) in [5.74, 6) is 1.21. The molecule has 1 aromatic heterocycles. The van der Waals surface area contributed by atoms with Crippen molar-refractivity contribution < 1.29 is 19.0 Å². The number of carbonyl (C=O) groups is 1. The third-order valence-corrected chi connectivity index (χ3v) is 6.40. The van der Waals surface area contributed by atoms with E-state index in [4.69, 9.17) is 19.2 Å². The number of amides is 1. The van der Waals surface area contributed by atoms with Crippen molar-refractivity contribution in [1.29, 1.82) is 0 Å². The van der Waals surface area contributed by atoms with Gasteiger partial charge in [0.15, 0.2) is 16.6 Å². The van der Waals surface area contributed by atoms with Crippen molar-refractivity contribution in [2.45, 2.75) is 6.42 Å². The standard InChI is InChI=1S/C22H23N3O4S.ClH/c26-21(16-6-7-18-19(14-16)29-15-28-18)25(9-3-8-24-10-12-27-13-11-24)22-23-17-4-1-2-5-20(17)30-22;/h1-2,4-7,14H,3,8-13,15H2;1H. The minimum Gasteiger partial charge on any atom is -0.454 e. The number of hydrogen-bond donors (Lipinski definition) is 0. The molecule has 9 heteroatoms. The van der Waals surface area contributed by atoms with Gasteiger partial charge in [0.2, 0.25) is 6.79 Å². The van der Waals surface area contributed by atoms with Crippen LogP contribution in [0.25, 0.3) is 10.2 Å². The molecule has 0 aliphatic carbocycles. The zero-order valence-corrected chi connectivity index (χ0v) is 18.6. The molecule has 0 spiro atoms. The number of nitrogens with zero attached hydrogens (tertiary/aromatic N) is 3. The number of aromatic nitrogens is 1. The Morgan fingerprint density at radius 3 is 2.74 bits per heavy atom. The molecule has 0 radical (unpaired) electrons. The van der Waals surface area contributed by atoms with Gasteiger partial charge in [-0.1, -0.05) is 23.5 Å². The molecule has 1 saturated heterocycles. The van der Waals surface area contributed by atoms with Crippen LogP contribution in [0.1, 0.15) is 16.8 Å². The summed E-state index contributed by atoms with van der Waals surface area (Å²) in [5.41, 5.74) is 1.49. The summed E-state index contributed by atoms with van der Waals surface area (Å²) in [7, 11) is 0. The average Bonchev–Trinajstić information content (AvgIpc) is 3.43. The fourth-order valence-electron chi connectivity index (χ4n) is 3.72. The maximum Gasteiger partial charge on any atom is 0.260 e. The first kappa shape index (κ1) is 21.8. The van der Waals surface area contributed by atoms with Gasteiger partial charge in [-0.3, -0.25) is 14.6 Å². The summed E-state index contributed by atoms with van der Waals surface area (Å²) >= 11 is 1.54. The number of ether oxygens (including phenoxy) is 3. The van der Waals surface area contributed by atoms with E-state index in [-0.39, 0.29) is 25.1 Å². The topological polar surface area (TPSA) is 64.1 Å². The molecule has 5 rings (SSSR count). The molecule has 164 valence electrons. The van der Waals surface area contributed by atoms with Crippen LogP contribution in [-0.2, 0) is 4.74 Å². The highest BCUT2D eigenvalue weighted by molar-refractivity contribution is 7.22. The number of rotatable bonds is 6. The molecule has 0 bridgehead atoms. The number of halogens is 1. The van der Waals surface area contributed by atoms with E-state index < -0.39 is 0 Å². The van der Waals surface area contributed by atoms with Crippen LogP contribution in [0.5, 0.6) is 11.5 Å². The second-order valence-electron chi connectivity index (χ2n) is 7.30. The van der Waals surface area contributed by atoms with Gasteiger partial charge in [0.1, 0.15) is 0 Å². The fourth-order valence-corrected chi connectivity index (χ4v) is 4.71. The zero-order valence-electron chi connectivity index (χ0n) is 17.0. The van der Waals surface area contributed by atoms with Crippen molar-refractivity contribution in [3.8, 4) is 11.5 Å². The van der Waals surface area contributed by atoms with Gasteiger partial charge in [-0.05, 0) is 36.8 Å². The molecule has 0 atom stereocenters. The molecular weight excluding hydrogens is 438 g/mol. The van der Waals surface area contributed by atoms with Crippen LogP contribution in [-0.4, -0.2) is 62.0 Å². The van der Waals surface area contributed by atoms with Gasteiger partial charge in [-0.25, -0.2) is 4.98 Å². The van der Waals surface area contributed by atoms with E-state index in [1.165, 1.54) is 0 Å². The molecule has 1 fully saturated rings. The molecular formula is C22H24ClN3O4S. The minimum absolute atomic E-state index is 0. The molecule has 2 aromatic carbocycles. The maximum absolute atomic E-state index is 13.5. The third kappa shape index (κ3) is 4.77. The summed E-state index contributed by atoms with van der Waals surface area (Å²) in [6, 6.07) is 13.3. The Labute approximate surface area is 190 Å². The molecule has 0 unspecified atom stereocenters. The second-order valence-corrected chi connectivity index (χ2v) is 8.31. The second kappa shape index (κ2) is 9.82. The Hall–Kier alpha value is -2.39. The van der Waals surface area contributed by atoms with Crippen LogP contribution < -0.4 is 14.4 Å². The Morgan fingerprint density at radius 2 is 1.90 bits per heavy atom. The number of morpholine rings is 1.